The van der Waals surface area contributed by atoms with Gasteiger partial charge in [0.05, 0.1) is 29.5 Å². The Hall–Kier alpha value is -3.04. The molecule has 2 N–H and O–H groups in total. The second-order valence-corrected chi connectivity index (χ2v) is 9.67. The van der Waals surface area contributed by atoms with Crippen LogP contribution in [0.25, 0.3) is 11.3 Å². The Labute approximate surface area is 187 Å². The molecule has 2 unspecified atom stereocenters. The van der Waals surface area contributed by atoms with Crippen LogP contribution in [0.5, 0.6) is 5.75 Å². The minimum Gasteiger partial charge on any atom is -0.495 e. The topological polar surface area (TPSA) is 83.8 Å². The lowest BCUT2D eigenvalue weighted by Crippen LogP contribution is -2.54. The molecule has 2 heterocycles. The minimum absolute atomic E-state index is 0.190. The third-order valence-corrected chi connectivity index (χ3v) is 6.75. The first-order chi connectivity index (χ1) is 15.3. The van der Waals surface area contributed by atoms with Crippen LogP contribution in [0.1, 0.15) is 13.8 Å². The van der Waals surface area contributed by atoms with E-state index in [1.54, 1.807) is 24.3 Å². The second kappa shape index (κ2) is 8.84. The summed E-state index contributed by atoms with van der Waals surface area (Å²) in [5.74, 6) is 0.0156. The highest BCUT2D eigenvalue weighted by Crippen LogP contribution is 2.33. The van der Waals surface area contributed by atoms with Gasteiger partial charge >= 0.3 is 0 Å². The van der Waals surface area contributed by atoms with Crippen molar-refractivity contribution in [2.45, 2.75) is 30.8 Å². The van der Waals surface area contributed by atoms with Crippen molar-refractivity contribution < 1.29 is 22.0 Å². The molecule has 1 aliphatic rings. The van der Waals surface area contributed by atoms with Crippen LogP contribution >= 0.6 is 0 Å². The van der Waals surface area contributed by atoms with Gasteiger partial charge in [-0.05, 0) is 62.4 Å². The summed E-state index contributed by atoms with van der Waals surface area (Å²) in [5, 5.41) is 3.48. The number of piperazine rings is 1. The van der Waals surface area contributed by atoms with Crippen molar-refractivity contribution in [2.75, 3.05) is 29.8 Å². The number of nitrogens with one attached hydrogen (secondary N) is 2. The first-order valence-electron chi connectivity index (χ1n) is 10.3. The number of methoxy groups -OCH3 is 1. The number of ether oxygens (including phenoxy) is 1. The molecule has 0 saturated carbocycles. The average Bonchev–Trinajstić information content (AvgIpc) is 3.27. The van der Waals surface area contributed by atoms with E-state index < -0.39 is 15.8 Å². The first-order valence-corrected chi connectivity index (χ1v) is 11.8. The fourth-order valence-corrected chi connectivity index (χ4v) is 5.08. The molecule has 1 aliphatic heterocycles. The van der Waals surface area contributed by atoms with E-state index in [0.717, 1.165) is 24.8 Å². The molecule has 0 radical (unpaired) electrons. The van der Waals surface area contributed by atoms with E-state index in [4.69, 9.17) is 9.15 Å². The highest BCUT2D eigenvalue weighted by atomic mass is 32.2. The second-order valence-electron chi connectivity index (χ2n) is 7.98. The molecule has 0 aliphatic carbocycles. The third kappa shape index (κ3) is 4.58. The van der Waals surface area contributed by atoms with E-state index >= 15 is 0 Å². The SMILES string of the molecule is COc1ccc(N2CC(C)NC(C)C2)cc1NS(=O)(=O)c1ccc(-c2ccco2)c(F)c1. The molecule has 0 bridgehead atoms. The highest BCUT2D eigenvalue weighted by molar-refractivity contribution is 7.92. The molecule has 0 amide bonds. The van der Waals surface area contributed by atoms with Crippen LogP contribution < -0.4 is 19.7 Å². The molecule has 2 aromatic carbocycles. The van der Waals surface area contributed by atoms with Crippen molar-refractivity contribution in [3.8, 4) is 17.1 Å². The van der Waals surface area contributed by atoms with Gasteiger partial charge in [0.25, 0.3) is 10.0 Å². The number of rotatable bonds is 6. The molecular formula is C23H26FN3O4S. The predicted octanol–water partition coefficient (Wildman–Crippen LogP) is 4.08. The molecule has 3 aromatic rings. The minimum atomic E-state index is -4.05. The fraction of sp³-hybridized carbons (Fsp3) is 0.304. The summed E-state index contributed by atoms with van der Waals surface area (Å²) in [7, 11) is -2.58. The summed E-state index contributed by atoms with van der Waals surface area (Å²) in [4.78, 5) is 2.00. The molecule has 4 rings (SSSR count). The molecule has 0 spiro atoms. The van der Waals surface area contributed by atoms with Crippen molar-refractivity contribution in [3.63, 3.8) is 0 Å². The van der Waals surface area contributed by atoms with Gasteiger partial charge in [0.15, 0.2) is 0 Å². The van der Waals surface area contributed by atoms with Crippen molar-refractivity contribution >= 4 is 21.4 Å². The first kappa shape index (κ1) is 22.2. The van der Waals surface area contributed by atoms with Crippen LogP contribution in [0.3, 0.4) is 0 Å². The van der Waals surface area contributed by atoms with Crippen LogP contribution in [0.15, 0.2) is 64.1 Å². The third-order valence-electron chi connectivity index (χ3n) is 5.39. The Balaban J connectivity index is 1.63. The van der Waals surface area contributed by atoms with Gasteiger partial charge in [-0.25, -0.2) is 12.8 Å². The summed E-state index contributed by atoms with van der Waals surface area (Å²) in [6.07, 6.45) is 1.43. The van der Waals surface area contributed by atoms with E-state index in [0.29, 0.717) is 29.3 Å². The van der Waals surface area contributed by atoms with E-state index in [-0.39, 0.29) is 10.5 Å². The number of nitrogens with zero attached hydrogens (tertiary/aromatic N) is 1. The Morgan fingerprint density at radius 3 is 2.50 bits per heavy atom. The smallest absolute Gasteiger partial charge is 0.262 e. The number of halogens is 1. The standard InChI is InChI=1S/C23H26FN3O4S/c1-15-13-27(14-16(2)25-15)17-6-9-23(30-3)21(11-17)26-32(28,29)18-7-8-19(20(24)12-18)22-5-4-10-31-22/h4-12,15-16,25-26H,13-14H2,1-3H3. The van der Waals surface area contributed by atoms with E-state index in [1.807, 2.05) is 6.07 Å². The number of hydrogen-bond acceptors (Lipinski definition) is 6. The van der Waals surface area contributed by atoms with Gasteiger partial charge in [0, 0.05) is 30.9 Å². The maximum absolute atomic E-state index is 14.6. The Kier molecular flexibility index (Phi) is 6.12. The van der Waals surface area contributed by atoms with Crippen LogP contribution in [-0.4, -0.2) is 40.7 Å². The Morgan fingerprint density at radius 1 is 1.12 bits per heavy atom. The lowest BCUT2D eigenvalue weighted by atomic mass is 10.1. The molecule has 1 fully saturated rings. The Morgan fingerprint density at radius 2 is 1.88 bits per heavy atom. The summed E-state index contributed by atoms with van der Waals surface area (Å²) in [6, 6.07) is 12.9. The van der Waals surface area contributed by atoms with Crippen molar-refractivity contribution in [2.24, 2.45) is 0 Å². The van der Waals surface area contributed by atoms with Crippen LogP contribution in [0.2, 0.25) is 0 Å². The summed E-state index contributed by atoms with van der Waals surface area (Å²) >= 11 is 0. The number of hydrogen-bond donors (Lipinski definition) is 2. The van der Waals surface area contributed by atoms with E-state index in [1.165, 1.54) is 25.5 Å². The zero-order valence-electron chi connectivity index (χ0n) is 18.1. The number of sulfonamides is 1. The number of anilines is 2. The number of furan rings is 1. The average molecular weight is 460 g/mol. The molecule has 32 heavy (non-hydrogen) atoms. The molecule has 2 atom stereocenters. The van der Waals surface area contributed by atoms with Gasteiger partial charge in [-0.15, -0.1) is 0 Å². The molecule has 9 heteroatoms. The van der Waals surface area contributed by atoms with Crippen LogP contribution in [-0.2, 0) is 10.0 Å². The largest absolute Gasteiger partial charge is 0.495 e. The van der Waals surface area contributed by atoms with Gasteiger partial charge in [-0.1, -0.05) is 0 Å². The molecular weight excluding hydrogens is 433 g/mol. The Bertz CT molecular complexity index is 1190. The van der Waals surface area contributed by atoms with Crippen molar-refractivity contribution in [3.05, 3.63) is 60.6 Å². The predicted molar refractivity (Wildman–Crippen MR) is 122 cm³/mol. The molecule has 170 valence electrons. The fourth-order valence-electron chi connectivity index (χ4n) is 4.01. The normalized spacial score (nSPS) is 19.1. The van der Waals surface area contributed by atoms with E-state index in [9.17, 15) is 12.8 Å². The van der Waals surface area contributed by atoms with Crippen molar-refractivity contribution in [1.29, 1.82) is 0 Å². The zero-order chi connectivity index (χ0) is 22.9. The van der Waals surface area contributed by atoms with Gasteiger partial charge in [-0.2, -0.15) is 0 Å². The lowest BCUT2D eigenvalue weighted by Gasteiger charge is -2.38. The maximum Gasteiger partial charge on any atom is 0.262 e. The van der Waals surface area contributed by atoms with E-state index in [2.05, 4.69) is 28.8 Å². The quantitative estimate of drug-likeness (QED) is 0.578. The zero-order valence-corrected chi connectivity index (χ0v) is 18.9. The summed E-state index contributed by atoms with van der Waals surface area (Å²) in [6.45, 7) is 5.80. The maximum atomic E-state index is 14.6. The van der Waals surface area contributed by atoms with Crippen LogP contribution in [0, 0.1) is 5.82 Å². The monoisotopic (exact) mass is 459 g/mol. The van der Waals surface area contributed by atoms with Crippen LogP contribution in [0.4, 0.5) is 15.8 Å². The molecule has 1 aromatic heterocycles. The molecule has 1 saturated heterocycles. The number of benzene rings is 2. The van der Waals surface area contributed by atoms with Gasteiger partial charge in [0.2, 0.25) is 0 Å². The van der Waals surface area contributed by atoms with Gasteiger partial charge < -0.3 is 19.4 Å². The van der Waals surface area contributed by atoms with Gasteiger partial charge in [0.1, 0.15) is 17.3 Å². The summed E-state index contributed by atoms with van der Waals surface area (Å²) in [5.41, 5.74) is 1.36. The lowest BCUT2D eigenvalue weighted by molar-refractivity contribution is 0.406. The summed E-state index contributed by atoms with van der Waals surface area (Å²) < 4.78 is 53.8. The van der Waals surface area contributed by atoms with Crippen molar-refractivity contribution in [1.82, 2.24) is 5.32 Å². The highest BCUT2D eigenvalue weighted by Gasteiger charge is 2.24. The molecule has 7 nitrogen and oxygen atoms in total. The van der Waals surface area contributed by atoms with Gasteiger partial charge in [-0.3, -0.25) is 4.72 Å².